The van der Waals surface area contributed by atoms with Gasteiger partial charge in [0.25, 0.3) is 0 Å². The Balaban J connectivity index is 3.05. The van der Waals surface area contributed by atoms with Gasteiger partial charge >= 0.3 is 5.97 Å². The predicted octanol–water partition coefficient (Wildman–Crippen LogP) is -2.90. The van der Waals surface area contributed by atoms with E-state index in [9.17, 15) is 29.4 Å². The number of hydrogen-bond acceptors (Lipinski definition) is 9. The summed E-state index contributed by atoms with van der Waals surface area (Å²) in [6.07, 6.45) is -1.48. The average Bonchev–Trinajstić information content (AvgIpc) is 2.75. The molecule has 0 radical (unpaired) electrons. The molecule has 3 amide bonds. The van der Waals surface area contributed by atoms with Crippen molar-refractivity contribution >= 4 is 36.3 Å². The first-order valence-electron chi connectivity index (χ1n) is 9.57. The molecule has 0 saturated carbocycles. The number of amides is 3. The van der Waals surface area contributed by atoms with E-state index in [1.165, 1.54) is 31.2 Å². The lowest BCUT2D eigenvalue weighted by atomic mass is 10.0. The van der Waals surface area contributed by atoms with Crippen LogP contribution in [0.4, 0.5) is 0 Å². The van der Waals surface area contributed by atoms with E-state index in [0.717, 1.165) is 0 Å². The van der Waals surface area contributed by atoms with Crippen LogP contribution in [0.3, 0.4) is 0 Å². The molecule has 0 fully saturated rings. The molecule has 13 heteroatoms. The molecule has 0 bridgehead atoms. The number of nitrogens with two attached hydrogens (primary N) is 1. The van der Waals surface area contributed by atoms with Gasteiger partial charge in [0.1, 0.15) is 29.9 Å². The summed E-state index contributed by atoms with van der Waals surface area (Å²) in [4.78, 5) is 48.6. The number of carbonyl (C=O) groups excluding carboxylic acids is 3. The van der Waals surface area contributed by atoms with Crippen molar-refractivity contribution in [1.29, 1.82) is 0 Å². The number of aliphatic hydroxyl groups excluding tert-OH is 2. The van der Waals surface area contributed by atoms with E-state index in [1.807, 2.05) is 0 Å². The standard InChI is InChI=1S/C19H28N4O8S/c1-9(25)15(18(29)22-14(8-32)19(30)31)23-17(28)13(21-16(27)12(20)7-24)6-10-2-4-11(26)5-3-10/h2-5,9,12-15,24-26,32H,6-8,20H2,1H3,(H,21,27)(H,22,29)(H,23,28)(H,30,31). The lowest BCUT2D eigenvalue weighted by Gasteiger charge is -2.26. The minimum atomic E-state index is -1.53. The van der Waals surface area contributed by atoms with Gasteiger partial charge in [-0.05, 0) is 24.6 Å². The molecular weight excluding hydrogens is 444 g/mol. The van der Waals surface area contributed by atoms with E-state index in [1.54, 1.807) is 0 Å². The number of rotatable bonds is 12. The minimum absolute atomic E-state index is 0.0101. The number of carboxylic acid groups (broad SMARTS) is 1. The molecule has 0 aliphatic rings. The van der Waals surface area contributed by atoms with Gasteiger partial charge in [-0.2, -0.15) is 12.6 Å². The number of aliphatic hydroxyl groups is 2. The van der Waals surface area contributed by atoms with Crippen molar-refractivity contribution in [3.05, 3.63) is 29.8 Å². The summed E-state index contributed by atoms with van der Waals surface area (Å²) in [5, 5.41) is 44.3. The molecule has 5 atom stereocenters. The molecule has 178 valence electrons. The Hall–Kier alpha value is -2.87. The van der Waals surface area contributed by atoms with Gasteiger partial charge in [0, 0.05) is 12.2 Å². The van der Waals surface area contributed by atoms with Crippen molar-refractivity contribution in [2.75, 3.05) is 12.4 Å². The number of aliphatic carboxylic acids is 1. The summed E-state index contributed by atoms with van der Waals surface area (Å²) in [5.74, 6) is -4.24. The monoisotopic (exact) mass is 472 g/mol. The number of phenolic OH excluding ortho intramolecular Hbond substituents is 1. The van der Waals surface area contributed by atoms with Crippen LogP contribution in [0.15, 0.2) is 24.3 Å². The Morgan fingerprint density at radius 1 is 1.00 bits per heavy atom. The smallest absolute Gasteiger partial charge is 0.327 e. The van der Waals surface area contributed by atoms with Crippen molar-refractivity contribution < 1.29 is 39.6 Å². The second-order valence-electron chi connectivity index (χ2n) is 7.03. The fourth-order valence-corrected chi connectivity index (χ4v) is 2.79. The van der Waals surface area contributed by atoms with Crippen LogP contribution in [0.5, 0.6) is 5.75 Å². The van der Waals surface area contributed by atoms with Crippen LogP contribution in [-0.2, 0) is 25.6 Å². The minimum Gasteiger partial charge on any atom is -0.508 e. The van der Waals surface area contributed by atoms with E-state index in [4.69, 9.17) is 15.9 Å². The van der Waals surface area contributed by atoms with Crippen LogP contribution in [0.1, 0.15) is 12.5 Å². The number of phenols is 1. The van der Waals surface area contributed by atoms with Gasteiger partial charge in [0.15, 0.2) is 0 Å². The number of aromatic hydroxyl groups is 1. The maximum atomic E-state index is 12.9. The van der Waals surface area contributed by atoms with Crippen LogP contribution < -0.4 is 21.7 Å². The molecule has 0 aliphatic carbocycles. The number of nitrogens with one attached hydrogen (secondary N) is 3. The van der Waals surface area contributed by atoms with E-state index in [2.05, 4.69) is 28.6 Å². The fourth-order valence-electron chi connectivity index (χ4n) is 2.54. The van der Waals surface area contributed by atoms with Crippen molar-refractivity contribution in [3.8, 4) is 5.75 Å². The number of carbonyl (C=O) groups is 4. The van der Waals surface area contributed by atoms with E-state index >= 15 is 0 Å². The van der Waals surface area contributed by atoms with E-state index in [0.29, 0.717) is 5.56 Å². The molecule has 1 aromatic carbocycles. The van der Waals surface area contributed by atoms with Crippen molar-refractivity contribution in [2.24, 2.45) is 5.73 Å². The third kappa shape index (κ3) is 8.34. The first-order chi connectivity index (χ1) is 15.0. The molecule has 1 rings (SSSR count). The van der Waals surface area contributed by atoms with Gasteiger partial charge in [-0.25, -0.2) is 4.79 Å². The first kappa shape index (κ1) is 27.2. The van der Waals surface area contributed by atoms with Gasteiger partial charge in [-0.1, -0.05) is 12.1 Å². The third-order valence-electron chi connectivity index (χ3n) is 4.40. The summed E-state index contributed by atoms with van der Waals surface area (Å²) < 4.78 is 0. The fraction of sp³-hybridized carbons (Fsp3) is 0.474. The zero-order valence-corrected chi connectivity index (χ0v) is 18.2. The zero-order chi connectivity index (χ0) is 24.4. The highest BCUT2D eigenvalue weighted by molar-refractivity contribution is 7.80. The highest BCUT2D eigenvalue weighted by Gasteiger charge is 2.32. The lowest BCUT2D eigenvalue weighted by molar-refractivity contribution is -0.142. The normalized spacial score (nSPS) is 15.5. The first-order valence-corrected chi connectivity index (χ1v) is 10.2. The predicted molar refractivity (Wildman–Crippen MR) is 116 cm³/mol. The number of hydrogen-bond donors (Lipinski definition) is 9. The third-order valence-corrected chi connectivity index (χ3v) is 4.77. The van der Waals surface area contributed by atoms with Gasteiger partial charge < -0.3 is 42.1 Å². The number of benzene rings is 1. The Bertz CT molecular complexity index is 805. The average molecular weight is 473 g/mol. The SMILES string of the molecule is CC(O)C(NC(=O)C(Cc1ccc(O)cc1)NC(=O)C(N)CO)C(=O)NC(CS)C(=O)O. The van der Waals surface area contributed by atoms with Gasteiger partial charge in [-0.3, -0.25) is 14.4 Å². The summed E-state index contributed by atoms with van der Waals surface area (Å²) in [5.41, 5.74) is 6.02. The van der Waals surface area contributed by atoms with Gasteiger partial charge in [0.05, 0.1) is 12.7 Å². The molecule has 0 spiro atoms. The lowest BCUT2D eigenvalue weighted by Crippen LogP contribution is -2.60. The Kier molecular flexibility index (Phi) is 10.9. The molecule has 0 heterocycles. The van der Waals surface area contributed by atoms with E-state index < -0.39 is 60.6 Å². The second-order valence-corrected chi connectivity index (χ2v) is 7.39. The van der Waals surface area contributed by atoms with Crippen molar-refractivity contribution in [3.63, 3.8) is 0 Å². The molecule has 32 heavy (non-hydrogen) atoms. The van der Waals surface area contributed by atoms with Gasteiger partial charge in [-0.15, -0.1) is 0 Å². The Morgan fingerprint density at radius 2 is 1.56 bits per heavy atom. The molecular formula is C19H28N4O8S. The maximum Gasteiger partial charge on any atom is 0.327 e. The molecule has 0 aliphatic heterocycles. The Labute approximate surface area is 189 Å². The second kappa shape index (κ2) is 12.9. The maximum absolute atomic E-state index is 12.9. The molecule has 9 N–H and O–H groups in total. The highest BCUT2D eigenvalue weighted by Crippen LogP contribution is 2.12. The molecule has 0 aromatic heterocycles. The Morgan fingerprint density at radius 3 is 2.03 bits per heavy atom. The van der Waals surface area contributed by atoms with Crippen LogP contribution in [0.25, 0.3) is 0 Å². The molecule has 0 saturated heterocycles. The zero-order valence-electron chi connectivity index (χ0n) is 17.3. The molecule has 5 unspecified atom stereocenters. The summed E-state index contributed by atoms with van der Waals surface area (Å²) in [7, 11) is 0. The summed E-state index contributed by atoms with van der Waals surface area (Å²) >= 11 is 3.84. The summed E-state index contributed by atoms with van der Waals surface area (Å²) in [6, 6.07) is 0.330. The quantitative estimate of drug-likeness (QED) is 0.143. The van der Waals surface area contributed by atoms with Crippen LogP contribution in [0, 0.1) is 0 Å². The van der Waals surface area contributed by atoms with Crippen LogP contribution in [-0.4, -0.2) is 86.7 Å². The van der Waals surface area contributed by atoms with E-state index in [-0.39, 0.29) is 17.9 Å². The van der Waals surface area contributed by atoms with Crippen molar-refractivity contribution in [2.45, 2.75) is 43.6 Å². The molecule has 1 aromatic rings. The topological polar surface area (TPSA) is 211 Å². The number of carboxylic acids is 1. The largest absolute Gasteiger partial charge is 0.508 e. The molecule has 12 nitrogen and oxygen atoms in total. The van der Waals surface area contributed by atoms with Crippen LogP contribution in [0.2, 0.25) is 0 Å². The van der Waals surface area contributed by atoms with Gasteiger partial charge in [0.2, 0.25) is 17.7 Å². The number of thiol groups is 1. The highest BCUT2D eigenvalue weighted by atomic mass is 32.1. The van der Waals surface area contributed by atoms with Crippen LogP contribution >= 0.6 is 12.6 Å². The van der Waals surface area contributed by atoms with Crippen molar-refractivity contribution in [1.82, 2.24) is 16.0 Å². The summed E-state index contributed by atoms with van der Waals surface area (Å²) in [6.45, 7) is 0.550.